The Morgan fingerprint density at radius 2 is 1.88 bits per heavy atom. The molecule has 0 unspecified atom stereocenters. The molecule has 0 atom stereocenters. The normalized spacial score (nSPS) is 10.3. The molecule has 138 valence electrons. The molecule has 0 fully saturated rings. The van der Waals surface area contributed by atoms with Gasteiger partial charge >= 0.3 is 0 Å². The average molecular weight is 377 g/mol. The third kappa shape index (κ3) is 5.66. The van der Waals surface area contributed by atoms with E-state index in [1.165, 1.54) is 29.5 Å². The van der Waals surface area contributed by atoms with Gasteiger partial charge in [0, 0.05) is 4.88 Å². The highest BCUT2D eigenvalue weighted by Gasteiger charge is 2.13. The van der Waals surface area contributed by atoms with Crippen molar-refractivity contribution in [1.29, 1.82) is 0 Å². The average Bonchev–Trinajstić information content (AvgIpc) is 2.99. The SMILES string of the molecule is CCc1sc(C(=O)NNC(=O)CNC(=O)Cc2cccc(F)c2)cc1C. The second kappa shape index (κ2) is 9.10. The molecule has 0 spiro atoms. The quantitative estimate of drug-likeness (QED) is 0.672. The summed E-state index contributed by atoms with van der Waals surface area (Å²) >= 11 is 1.38. The van der Waals surface area contributed by atoms with E-state index in [0.29, 0.717) is 10.4 Å². The molecule has 3 amide bonds. The van der Waals surface area contributed by atoms with E-state index >= 15 is 0 Å². The lowest BCUT2D eigenvalue weighted by molar-refractivity contribution is -0.126. The van der Waals surface area contributed by atoms with Gasteiger partial charge < -0.3 is 5.32 Å². The minimum Gasteiger partial charge on any atom is -0.347 e. The van der Waals surface area contributed by atoms with Crippen LogP contribution in [0.2, 0.25) is 0 Å². The molecular formula is C18H20FN3O3S. The number of rotatable bonds is 6. The second-order valence-corrected chi connectivity index (χ2v) is 6.79. The van der Waals surface area contributed by atoms with E-state index in [1.54, 1.807) is 12.1 Å². The lowest BCUT2D eigenvalue weighted by Crippen LogP contribution is -2.46. The molecule has 1 heterocycles. The van der Waals surface area contributed by atoms with Crippen molar-refractivity contribution >= 4 is 29.1 Å². The molecule has 1 aromatic heterocycles. The number of carbonyl (C=O) groups excluding carboxylic acids is 3. The minimum absolute atomic E-state index is 0.0360. The predicted molar refractivity (Wildman–Crippen MR) is 97.2 cm³/mol. The first-order valence-corrected chi connectivity index (χ1v) is 8.90. The predicted octanol–water partition coefficient (Wildman–Crippen LogP) is 1.88. The largest absolute Gasteiger partial charge is 0.347 e. The van der Waals surface area contributed by atoms with Gasteiger partial charge in [0.2, 0.25) is 5.91 Å². The Morgan fingerprint density at radius 3 is 2.54 bits per heavy atom. The van der Waals surface area contributed by atoms with Crippen molar-refractivity contribution in [2.24, 2.45) is 0 Å². The van der Waals surface area contributed by atoms with Crippen LogP contribution in [0.4, 0.5) is 4.39 Å². The first-order chi connectivity index (χ1) is 12.4. The fourth-order valence-electron chi connectivity index (χ4n) is 2.29. The zero-order valence-electron chi connectivity index (χ0n) is 14.5. The van der Waals surface area contributed by atoms with E-state index in [9.17, 15) is 18.8 Å². The zero-order valence-corrected chi connectivity index (χ0v) is 15.3. The van der Waals surface area contributed by atoms with Crippen LogP contribution in [-0.2, 0) is 22.4 Å². The monoisotopic (exact) mass is 377 g/mol. The summed E-state index contributed by atoms with van der Waals surface area (Å²) < 4.78 is 13.1. The number of benzene rings is 1. The van der Waals surface area contributed by atoms with Crippen molar-refractivity contribution < 1.29 is 18.8 Å². The van der Waals surface area contributed by atoms with Crippen LogP contribution in [0, 0.1) is 12.7 Å². The number of hydrazine groups is 1. The molecule has 0 aliphatic carbocycles. The van der Waals surface area contributed by atoms with Gasteiger partial charge in [-0.05, 0) is 42.7 Å². The number of aryl methyl sites for hydroxylation is 2. The van der Waals surface area contributed by atoms with E-state index in [4.69, 9.17) is 0 Å². The summed E-state index contributed by atoms with van der Waals surface area (Å²) in [4.78, 5) is 37.1. The van der Waals surface area contributed by atoms with Crippen molar-refractivity contribution in [1.82, 2.24) is 16.2 Å². The molecule has 0 saturated carbocycles. The van der Waals surface area contributed by atoms with Crippen LogP contribution in [0.1, 0.15) is 32.6 Å². The summed E-state index contributed by atoms with van der Waals surface area (Å²) in [6, 6.07) is 7.45. The highest BCUT2D eigenvalue weighted by molar-refractivity contribution is 7.14. The Labute approximate surface area is 154 Å². The van der Waals surface area contributed by atoms with Gasteiger partial charge in [-0.15, -0.1) is 11.3 Å². The minimum atomic E-state index is -0.560. The van der Waals surface area contributed by atoms with Crippen molar-refractivity contribution in [3.05, 3.63) is 57.0 Å². The van der Waals surface area contributed by atoms with Gasteiger partial charge in [0.05, 0.1) is 17.8 Å². The summed E-state index contributed by atoms with van der Waals surface area (Å²) in [5.41, 5.74) is 6.12. The maximum atomic E-state index is 13.1. The molecule has 0 bridgehead atoms. The molecule has 26 heavy (non-hydrogen) atoms. The van der Waals surface area contributed by atoms with Crippen molar-refractivity contribution in [3.8, 4) is 0 Å². The molecule has 0 radical (unpaired) electrons. The Kier molecular flexibility index (Phi) is 6.85. The molecule has 3 N–H and O–H groups in total. The molecule has 2 aromatic rings. The maximum Gasteiger partial charge on any atom is 0.279 e. The number of amides is 3. The second-order valence-electron chi connectivity index (χ2n) is 5.66. The van der Waals surface area contributed by atoms with Gasteiger partial charge in [0.25, 0.3) is 11.8 Å². The number of hydrogen-bond acceptors (Lipinski definition) is 4. The summed E-state index contributed by atoms with van der Waals surface area (Å²) in [7, 11) is 0. The fourth-order valence-corrected chi connectivity index (χ4v) is 3.30. The van der Waals surface area contributed by atoms with Gasteiger partial charge in [-0.1, -0.05) is 19.1 Å². The van der Waals surface area contributed by atoms with Gasteiger partial charge in [-0.25, -0.2) is 4.39 Å². The molecular weight excluding hydrogens is 357 g/mol. The van der Waals surface area contributed by atoms with Crippen molar-refractivity contribution in [2.45, 2.75) is 26.7 Å². The zero-order chi connectivity index (χ0) is 19.1. The van der Waals surface area contributed by atoms with Crippen LogP contribution in [-0.4, -0.2) is 24.3 Å². The molecule has 0 saturated heterocycles. The summed E-state index contributed by atoms with van der Waals surface area (Å²) in [6.45, 7) is 3.64. The number of thiophene rings is 1. The van der Waals surface area contributed by atoms with E-state index < -0.39 is 23.5 Å². The Hall–Kier alpha value is -2.74. The van der Waals surface area contributed by atoms with E-state index in [2.05, 4.69) is 16.2 Å². The van der Waals surface area contributed by atoms with Crippen molar-refractivity contribution in [3.63, 3.8) is 0 Å². The van der Waals surface area contributed by atoms with Crippen LogP contribution in [0.3, 0.4) is 0 Å². The first kappa shape index (κ1) is 19.6. The maximum absolute atomic E-state index is 13.1. The molecule has 0 aliphatic heterocycles. The van der Waals surface area contributed by atoms with E-state index in [0.717, 1.165) is 16.9 Å². The van der Waals surface area contributed by atoms with Gasteiger partial charge in [0.15, 0.2) is 0 Å². The van der Waals surface area contributed by atoms with Crippen LogP contribution >= 0.6 is 11.3 Å². The van der Waals surface area contributed by atoms with E-state index in [1.807, 2.05) is 13.8 Å². The van der Waals surface area contributed by atoms with Crippen LogP contribution in [0.25, 0.3) is 0 Å². The Balaban J connectivity index is 1.74. The lowest BCUT2D eigenvalue weighted by atomic mass is 10.1. The summed E-state index contributed by atoms with van der Waals surface area (Å²) in [6.07, 6.45) is 0.805. The summed E-state index contributed by atoms with van der Waals surface area (Å²) in [5.74, 6) is -1.81. The molecule has 6 nitrogen and oxygen atoms in total. The topological polar surface area (TPSA) is 87.3 Å². The third-order valence-corrected chi connectivity index (χ3v) is 4.96. The number of hydrogen-bond donors (Lipinski definition) is 3. The van der Waals surface area contributed by atoms with Crippen LogP contribution < -0.4 is 16.2 Å². The molecule has 1 aromatic carbocycles. The summed E-state index contributed by atoms with van der Waals surface area (Å²) in [5, 5.41) is 2.41. The number of halogens is 1. The smallest absolute Gasteiger partial charge is 0.279 e. The highest BCUT2D eigenvalue weighted by Crippen LogP contribution is 2.21. The molecule has 0 aliphatic rings. The number of nitrogens with one attached hydrogen (secondary N) is 3. The molecule has 2 rings (SSSR count). The van der Waals surface area contributed by atoms with Gasteiger partial charge in [0.1, 0.15) is 5.82 Å². The van der Waals surface area contributed by atoms with E-state index in [-0.39, 0.29) is 13.0 Å². The lowest BCUT2D eigenvalue weighted by Gasteiger charge is -2.08. The standard InChI is InChI=1S/C18H20FN3O3S/c1-3-14-11(2)7-15(26-14)18(25)22-21-17(24)10-20-16(23)9-12-5-4-6-13(19)8-12/h4-8H,3,9-10H2,1-2H3,(H,20,23)(H,21,24)(H,22,25). The molecule has 8 heteroatoms. The number of carbonyl (C=O) groups is 3. The first-order valence-electron chi connectivity index (χ1n) is 8.08. The van der Waals surface area contributed by atoms with Crippen LogP contribution in [0.5, 0.6) is 0 Å². The highest BCUT2D eigenvalue weighted by atomic mass is 32.1. The van der Waals surface area contributed by atoms with Crippen LogP contribution in [0.15, 0.2) is 30.3 Å². The fraction of sp³-hybridized carbons (Fsp3) is 0.278. The van der Waals surface area contributed by atoms with Crippen molar-refractivity contribution in [2.75, 3.05) is 6.54 Å². The van der Waals surface area contributed by atoms with Gasteiger partial charge in [-0.3, -0.25) is 25.2 Å². The Morgan fingerprint density at radius 1 is 1.12 bits per heavy atom. The Bertz CT molecular complexity index is 820. The third-order valence-electron chi connectivity index (χ3n) is 3.58. The van der Waals surface area contributed by atoms with Gasteiger partial charge in [-0.2, -0.15) is 0 Å².